The molecule has 1 aromatic carbocycles. The summed E-state index contributed by atoms with van der Waals surface area (Å²) >= 11 is 0. The zero-order valence-corrected chi connectivity index (χ0v) is 16.9. The van der Waals surface area contributed by atoms with Crippen molar-refractivity contribution in [1.29, 1.82) is 0 Å². The van der Waals surface area contributed by atoms with Gasteiger partial charge in [-0.25, -0.2) is 4.79 Å². The molecule has 0 N–H and O–H groups in total. The van der Waals surface area contributed by atoms with Gasteiger partial charge in [-0.2, -0.15) is 4.98 Å². The summed E-state index contributed by atoms with van der Waals surface area (Å²) in [5, 5.41) is 0. The summed E-state index contributed by atoms with van der Waals surface area (Å²) < 4.78 is 9.66. The van der Waals surface area contributed by atoms with Crippen molar-refractivity contribution in [3.63, 3.8) is 0 Å². The third-order valence-electron chi connectivity index (χ3n) is 5.20. The average Bonchev–Trinajstić information content (AvgIpc) is 3.08. The maximum Gasteiger partial charge on any atom is 0.332 e. The number of rotatable bonds is 4. The Hall–Kier alpha value is -3.36. The highest BCUT2D eigenvalue weighted by atomic mass is 16.5. The number of imidazole rings is 1. The first-order valence-corrected chi connectivity index (χ1v) is 9.43. The summed E-state index contributed by atoms with van der Waals surface area (Å²) in [6, 6.07) is 7.62. The topological polar surface area (TPSA) is 91.4 Å². The van der Waals surface area contributed by atoms with E-state index in [0.29, 0.717) is 36.0 Å². The quantitative estimate of drug-likeness (QED) is 0.659. The van der Waals surface area contributed by atoms with Crippen LogP contribution >= 0.6 is 0 Å². The van der Waals surface area contributed by atoms with Crippen molar-refractivity contribution < 1.29 is 9.53 Å². The molecule has 1 aliphatic rings. The molecule has 0 saturated heterocycles. The number of benzene rings is 1. The monoisotopic (exact) mass is 397 g/mol. The van der Waals surface area contributed by atoms with Crippen LogP contribution in [0.4, 0.5) is 11.6 Å². The molecule has 0 spiro atoms. The molecule has 1 aliphatic heterocycles. The molecule has 9 heteroatoms. The number of aryl methyl sites for hydroxylation is 1. The molecular weight excluding hydrogens is 374 g/mol. The number of aromatic nitrogens is 4. The smallest absolute Gasteiger partial charge is 0.332 e. The molecule has 4 rings (SSSR count). The van der Waals surface area contributed by atoms with Gasteiger partial charge in [-0.15, -0.1) is 0 Å². The van der Waals surface area contributed by atoms with Gasteiger partial charge in [0.25, 0.3) is 5.56 Å². The van der Waals surface area contributed by atoms with Crippen LogP contribution in [0.2, 0.25) is 0 Å². The summed E-state index contributed by atoms with van der Waals surface area (Å²) in [5.41, 5.74) is 0.432. The fourth-order valence-electron chi connectivity index (χ4n) is 3.92. The van der Waals surface area contributed by atoms with Crippen molar-refractivity contribution in [1.82, 2.24) is 18.7 Å². The minimum atomic E-state index is -0.551. The molecule has 0 fully saturated rings. The molecule has 0 bridgehead atoms. The lowest BCUT2D eigenvalue weighted by molar-refractivity contribution is -0.117. The minimum Gasteiger partial charge on any atom is -0.495 e. The Morgan fingerprint density at radius 2 is 1.97 bits per heavy atom. The summed E-state index contributed by atoms with van der Waals surface area (Å²) in [5.74, 6) is 1.24. The first-order valence-electron chi connectivity index (χ1n) is 9.43. The first kappa shape index (κ1) is 19.0. The van der Waals surface area contributed by atoms with E-state index in [1.165, 1.54) is 11.5 Å². The van der Waals surface area contributed by atoms with Gasteiger partial charge in [-0.1, -0.05) is 19.1 Å². The van der Waals surface area contributed by atoms with Crippen molar-refractivity contribution in [2.45, 2.75) is 26.9 Å². The Morgan fingerprint density at radius 1 is 1.24 bits per heavy atom. The molecule has 2 aromatic heterocycles. The molecular formula is C20H23N5O4. The van der Waals surface area contributed by atoms with E-state index in [9.17, 15) is 14.4 Å². The fraction of sp³-hybridized carbons (Fsp3) is 0.400. The SMILES string of the molecule is COc1ccccc1N1C[C@H](C)Cn2c1nc1c2c(=O)n(CC(C)=O)c(=O)n1C. The van der Waals surface area contributed by atoms with Crippen LogP contribution in [0.1, 0.15) is 13.8 Å². The summed E-state index contributed by atoms with van der Waals surface area (Å²) in [6.45, 7) is 4.47. The Balaban J connectivity index is 2.03. The van der Waals surface area contributed by atoms with Crippen LogP contribution in [0.5, 0.6) is 5.75 Å². The Labute approximate surface area is 166 Å². The van der Waals surface area contributed by atoms with Crippen LogP contribution < -0.4 is 20.9 Å². The van der Waals surface area contributed by atoms with Gasteiger partial charge in [0.15, 0.2) is 11.2 Å². The van der Waals surface area contributed by atoms with Crippen molar-refractivity contribution in [3.05, 3.63) is 45.1 Å². The lowest BCUT2D eigenvalue weighted by Gasteiger charge is -2.33. The van der Waals surface area contributed by atoms with Crippen LogP contribution in [0.15, 0.2) is 33.9 Å². The minimum absolute atomic E-state index is 0.225. The zero-order valence-electron chi connectivity index (χ0n) is 16.9. The first-order chi connectivity index (χ1) is 13.8. The average molecular weight is 397 g/mol. The van der Waals surface area contributed by atoms with Crippen molar-refractivity contribution in [2.75, 3.05) is 18.6 Å². The molecule has 0 radical (unpaired) electrons. The number of Topliss-reactive ketones (excluding diaryl/α,β-unsaturated/α-hetero) is 1. The van der Waals surface area contributed by atoms with Gasteiger partial charge in [0.2, 0.25) is 5.95 Å². The van der Waals surface area contributed by atoms with E-state index in [4.69, 9.17) is 4.74 Å². The molecule has 29 heavy (non-hydrogen) atoms. The van der Waals surface area contributed by atoms with Crippen molar-refractivity contribution >= 4 is 28.6 Å². The number of hydrogen-bond donors (Lipinski definition) is 0. The maximum absolute atomic E-state index is 13.1. The van der Waals surface area contributed by atoms with Gasteiger partial charge in [-0.05, 0) is 25.0 Å². The van der Waals surface area contributed by atoms with E-state index in [1.54, 1.807) is 14.2 Å². The van der Waals surface area contributed by atoms with Crippen LogP contribution in [-0.2, 0) is 24.9 Å². The predicted octanol–water partition coefficient (Wildman–Crippen LogP) is 1.28. The number of carbonyl (C=O) groups excluding carboxylic acids is 1. The van der Waals surface area contributed by atoms with Crippen LogP contribution in [0, 0.1) is 5.92 Å². The molecule has 1 atom stereocenters. The van der Waals surface area contributed by atoms with Crippen molar-refractivity contribution in [3.8, 4) is 5.75 Å². The number of hydrogen-bond acceptors (Lipinski definition) is 6. The Morgan fingerprint density at radius 3 is 2.66 bits per heavy atom. The second-order valence-electron chi connectivity index (χ2n) is 7.52. The number of methoxy groups -OCH3 is 1. The van der Waals surface area contributed by atoms with Gasteiger partial charge in [-0.3, -0.25) is 18.7 Å². The molecule has 0 saturated carbocycles. The summed E-state index contributed by atoms with van der Waals surface area (Å²) in [7, 11) is 3.18. The van der Waals surface area contributed by atoms with Crippen LogP contribution in [-0.4, -0.2) is 38.1 Å². The van der Waals surface area contributed by atoms with E-state index in [1.807, 2.05) is 33.7 Å². The van der Waals surface area contributed by atoms with E-state index in [2.05, 4.69) is 11.9 Å². The third-order valence-corrected chi connectivity index (χ3v) is 5.20. The lowest BCUT2D eigenvalue weighted by atomic mass is 10.1. The number of fused-ring (bicyclic) bond motifs is 3. The highest BCUT2D eigenvalue weighted by Crippen LogP contribution is 2.37. The van der Waals surface area contributed by atoms with Gasteiger partial charge in [0.1, 0.15) is 11.5 Å². The number of carbonyl (C=O) groups is 1. The van der Waals surface area contributed by atoms with Gasteiger partial charge in [0.05, 0.1) is 19.3 Å². The van der Waals surface area contributed by atoms with Gasteiger partial charge in [0, 0.05) is 20.1 Å². The van der Waals surface area contributed by atoms with Crippen molar-refractivity contribution in [2.24, 2.45) is 13.0 Å². The number of anilines is 2. The lowest BCUT2D eigenvalue weighted by Crippen LogP contribution is -2.41. The second-order valence-corrected chi connectivity index (χ2v) is 7.52. The number of nitrogens with zero attached hydrogens (tertiary/aromatic N) is 5. The normalized spacial score (nSPS) is 16.1. The zero-order chi connectivity index (χ0) is 20.9. The van der Waals surface area contributed by atoms with E-state index < -0.39 is 11.2 Å². The van der Waals surface area contributed by atoms with E-state index in [-0.39, 0.29) is 18.2 Å². The maximum atomic E-state index is 13.1. The van der Waals surface area contributed by atoms with E-state index in [0.717, 1.165) is 10.3 Å². The molecule has 3 aromatic rings. The molecule has 9 nitrogen and oxygen atoms in total. The third kappa shape index (κ3) is 2.93. The number of ketones is 1. The highest BCUT2D eigenvalue weighted by molar-refractivity contribution is 5.79. The highest BCUT2D eigenvalue weighted by Gasteiger charge is 2.31. The molecule has 3 heterocycles. The predicted molar refractivity (Wildman–Crippen MR) is 109 cm³/mol. The Kier molecular flexibility index (Phi) is 4.52. The number of para-hydroxylation sites is 2. The number of ether oxygens (including phenoxy) is 1. The molecule has 152 valence electrons. The second kappa shape index (κ2) is 6.91. The van der Waals surface area contributed by atoms with Crippen LogP contribution in [0.3, 0.4) is 0 Å². The Bertz CT molecular complexity index is 1240. The molecule has 0 unspecified atom stereocenters. The van der Waals surface area contributed by atoms with E-state index >= 15 is 0 Å². The van der Waals surface area contributed by atoms with Gasteiger partial charge < -0.3 is 14.2 Å². The largest absolute Gasteiger partial charge is 0.495 e. The summed E-state index contributed by atoms with van der Waals surface area (Å²) in [6.07, 6.45) is 0. The van der Waals surface area contributed by atoms with Gasteiger partial charge >= 0.3 is 5.69 Å². The molecule has 0 amide bonds. The fourth-order valence-corrected chi connectivity index (χ4v) is 3.92. The molecule has 0 aliphatic carbocycles. The standard InChI is InChI=1S/C20H23N5O4/c1-12-9-23(14-7-5-6-8-15(14)29-4)19-21-17-16(24(19)10-12)18(27)25(11-13(2)26)20(28)22(17)3/h5-8,12H,9-11H2,1-4H3/t12-/m0/s1. The summed E-state index contributed by atoms with van der Waals surface area (Å²) in [4.78, 5) is 44.1. The van der Waals surface area contributed by atoms with Crippen LogP contribution in [0.25, 0.3) is 11.2 Å².